The van der Waals surface area contributed by atoms with Crippen LogP contribution < -0.4 is 5.32 Å². The summed E-state index contributed by atoms with van der Waals surface area (Å²) in [5, 5.41) is 7.20. The van der Waals surface area contributed by atoms with Gasteiger partial charge in [0.25, 0.3) is 5.91 Å². The Morgan fingerprint density at radius 3 is 2.50 bits per heavy atom. The van der Waals surface area contributed by atoms with E-state index in [0.29, 0.717) is 17.3 Å². The highest BCUT2D eigenvalue weighted by Gasteiger charge is 2.41. The zero-order valence-electron chi connectivity index (χ0n) is 13.1. The molecule has 1 aromatic heterocycles. The summed E-state index contributed by atoms with van der Waals surface area (Å²) in [7, 11) is 0. The second-order valence-electron chi connectivity index (χ2n) is 5.93. The number of hydrogen-bond donors (Lipinski definition) is 1. The monoisotopic (exact) mass is 299 g/mol. The lowest BCUT2D eigenvalue weighted by molar-refractivity contribution is 0.0892. The van der Waals surface area contributed by atoms with E-state index in [4.69, 9.17) is 4.52 Å². The first kappa shape index (κ1) is 14.8. The molecule has 22 heavy (non-hydrogen) atoms. The van der Waals surface area contributed by atoms with Gasteiger partial charge in [0.05, 0.1) is 0 Å². The van der Waals surface area contributed by atoms with Crippen LogP contribution in [0.25, 0.3) is 0 Å². The van der Waals surface area contributed by atoms with Crippen molar-refractivity contribution >= 4 is 5.91 Å². The van der Waals surface area contributed by atoms with Gasteiger partial charge in [0, 0.05) is 12.5 Å². The number of benzene rings is 1. The molecule has 1 N–H and O–H groups in total. The van der Waals surface area contributed by atoms with Gasteiger partial charge < -0.3 is 9.84 Å². The van der Waals surface area contributed by atoms with Crippen LogP contribution in [-0.2, 0) is 12.0 Å². The molecule has 5 heteroatoms. The number of amides is 1. The largest absolute Gasteiger partial charge is 0.340 e. The van der Waals surface area contributed by atoms with E-state index in [1.165, 1.54) is 5.56 Å². The van der Waals surface area contributed by atoms with Gasteiger partial charge in [-0.15, -0.1) is 0 Å². The van der Waals surface area contributed by atoms with Crippen molar-refractivity contribution in [2.45, 2.75) is 51.5 Å². The van der Waals surface area contributed by atoms with Gasteiger partial charge in [0.2, 0.25) is 5.89 Å². The highest BCUT2D eigenvalue weighted by molar-refractivity contribution is 5.94. The maximum Gasteiger partial charge on any atom is 0.252 e. The molecule has 1 amide bonds. The first-order valence-corrected chi connectivity index (χ1v) is 7.85. The van der Waals surface area contributed by atoms with Gasteiger partial charge in [-0.3, -0.25) is 4.79 Å². The van der Waals surface area contributed by atoms with Gasteiger partial charge in [-0.1, -0.05) is 37.1 Å². The van der Waals surface area contributed by atoms with Crippen molar-refractivity contribution in [3.05, 3.63) is 47.1 Å². The standard InChI is InChI=1S/C17H21N3O2/c1-3-13-6-8-14(9-7-13)15(21)19-17(10-4-5-11-17)16-18-12(2)22-20-16/h6-9H,3-5,10-11H2,1-2H3,(H,19,21). The molecule has 1 saturated carbocycles. The summed E-state index contributed by atoms with van der Waals surface area (Å²) in [5.41, 5.74) is 1.41. The third kappa shape index (κ3) is 2.75. The second-order valence-corrected chi connectivity index (χ2v) is 5.93. The fourth-order valence-corrected chi connectivity index (χ4v) is 3.06. The Hall–Kier alpha value is -2.17. The minimum atomic E-state index is -0.488. The highest BCUT2D eigenvalue weighted by Crippen LogP contribution is 2.37. The summed E-state index contributed by atoms with van der Waals surface area (Å²) in [6.45, 7) is 3.87. The van der Waals surface area contributed by atoms with Crippen LogP contribution in [0.3, 0.4) is 0 Å². The molecular formula is C17H21N3O2. The Morgan fingerprint density at radius 1 is 1.27 bits per heavy atom. The fraction of sp³-hybridized carbons (Fsp3) is 0.471. The van der Waals surface area contributed by atoms with Crippen LogP contribution in [0, 0.1) is 6.92 Å². The van der Waals surface area contributed by atoms with Crippen LogP contribution in [0.1, 0.15) is 60.2 Å². The third-order valence-electron chi connectivity index (χ3n) is 4.39. The number of carbonyl (C=O) groups excluding carboxylic acids is 1. The van der Waals surface area contributed by atoms with Crippen molar-refractivity contribution in [1.82, 2.24) is 15.5 Å². The summed E-state index contributed by atoms with van der Waals surface area (Å²) in [6, 6.07) is 7.74. The molecule has 116 valence electrons. The molecule has 0 saturated heterocycles. The Bertz CT molecular complexity index is 655. The average Bonchev–Trinajstić information content (AvgIpc) is 3.17. The molecule has 0 aliphatic heterocycles. The smallest absolute Gasteiger partial charge is 0.252 e. The van der Waals surface area contributed by atoms with Crippen molar-refractivity contribution < 1.29 is 9.32 Å². The minimum Gasteiger partial charge on any atom is -0.340 e. The lowest BCUT2D eigenvalue weighted by Gasteiger charge is -2.26. The Labute approximate surface area is 130 Å². The van der Waals surface area contributed by atoms with Crippen molar-refractivity contribution in [1.29, 1.82) is 0 Å². The van der Waals surface area contributed by atoms with E-state index in [9.17, 15) is 4.79 Å². The van der Waals surface area contributed by atoms with E-state index in [1.54, 1.807) is 6.92 Å². The Morgan fingerprint density at radius 2 is 1.95 bits per heavy atom. The number of rotatable bonds is 4. The van der Waals surface area contributed by atoms with E-state index < -0.39 is 5.54 Å². The first-order chi connectivity index (χ1) is 10.6. The van der Waals surface area contributed by atoms with Crippen LogP contribution in [0.15, 0.2) is 28.8 Å². The number of aryl methyl sites for hydroxylation is 2. The van der Waals surface area contributed by atoms with E-state index >= 15 is 0 Å². The molecule has 1 heterocycles. The summed E-state index contributed by atoms with van der Waals surface area (Å²) in [4.78, 5) is 16.9. The summed E-state index contributed by atoms with van der Waals surface area (Å²) in [6.07, 6.45) is 4.79. The zero-order chi connectivity index (χ0) is 15.6. The second kappa shape index (κ2) is 5.91. The molecule has 1 aromatic carbocycles. The molecule has 0 atom stereocenters. The predicted molar refractivity (Wildman–Crippen MR) is 82.5 cm³/mol. The van der Waals surface area contributed by atoms with Crippen LogP contribution in [-0.4, -0.2) is 16.0 Å². The topological polar surface area (TPSA) is 68.0 Å². The normalized spacial score (nSPS) is 16.6. The summed E-state index contributed by atoms with van der Waals surface area (Å²) < 4.78 is 5.11. The SMILES string of the molecule is CCc1ccc(C(=O)NC2(c3noc(C)n3)CCCC2)cc1. The Kier molecular flexibility index (Phi) is 3.96. The molecule has 1 aliphatic rings. The average molecular weight is 299 g/mol. The van der Waals surface area contributed by atoms with Crippen molar-refractivity contribution in [3.63, 3.8) is 0 Å². The van der Waals surface area contributed by atoms with Gasteiger partial charge in [0.1, 0.15) is 5.54 Å². The van der Waals surface area contributed by atoms with Crippen LogP contribution in [0.2, 0.25) is 0 Å². The quantitative estimate of drug-likeness (QED) is 0.941. The molecule has 0 radical (unpaired) electrons. The molecular weight excluding hydrogens is 278 g/mol. The maximum atomic E-state index is 12.6. The van der Waals surface area contributed by atoms with E-state index in [1.807, 2.05) is 24.3 Å². The minimum absolute atomic E-state index is 0.0768. The van der Waals surface area contributed by atoms with Crippen LogP contribution in [0.4, 0.5) is 0 Å². The fourth-order valence-electron chi connectivity index (χ4n) is 3.06. The molecule has 1 fully saturated rings. The lowest BCUT2D eigenvalue weighted by atomic mass is 9.95. The molecule has 0 spiro atoms. The number of carbonyl (C=O) groups is 1. The third-order valence-corrected chi connectivity index (χ3v) is 4.39. The van der Waals surface area contributed by atoms with Gasteiger partial charge in [-0.05, 0) is 37.0 Å². The molecule has 0 unspecified atom stereocenters. The molecule has 0 bridgehead atoms. The molecule has 5 nitrogen and oxygen atoms in total. The van der Waals surface area contributed by atoms with Crippen molar-refractivity contribution in [2.75, 3.05) is 0 Å². The first-order valence-electron chi connectivity index (χ1n) is 7.85. The number of nitrogens with one attached hydrogen (secondary N) is 1. The van der Waals surface area contributed by atoms with Crippen LogP contribution in [0.5, 0.6) is 0 Å². The van der Waals surface area contributed by atoms with E-state index in [-0.39, 0.29) is 5.91 Å². The van der Waals surface area contributed by atoms with Gasteiger partial charge >= 0.3 is 0 Å². The van der Waals surface area contributed by atoms with Crippen molar-refractivity contribution in [2.24, 2.45) is 0 Å². The molecule has 2 aromatic rings. The number of hydrogen-bond acceptors (Lipinski definition) is 4. The lowest BCUT2D eigenvalue weighted by Crippen LogP contribution is -2.44. The zero-order valence-corrected chi connectivity index (χ0v) is 13.1. The molecule has 3 rings (SSSR count). The Balaban J connectivity index is 1.83. The predicted octanol–water partition coefficient (Wildman–Crippen LogP) is 3.14. The van der Waals surface area contributed by atoms with Crippen LogP contribution >= 0.6 is 0 Å². The van der Waals surface area contributed by atoms with Crippen molar-refractivity contribution in [3.8, 4) is 0 Å². The summed E-state index contributed by atoms with van der Waals surface area (Å²) >= 11 is 0. The highest BCUT2D eigenvalue weighted by atomic mass is 16.5. The van der Waals surface area contributed by atoms with E-state index in [2.05, 4.69) is 22.4 Å². The number of nitrogens with zero attached hydrogens (tertiary/aromatic N) is 2. The molecule has 1 aliphatic carbocycles. The van der Waals surface area contributed by atoms with E-state index in [0.717, 1.165) is 32.1 Å². The number of aromatic nitrogens is 2. The maximum absolute atomic E-state index is 12.6. The summed E-state index contributed by atoms with van der Waals surface area (Å²) in [5.74, 6) is 1.05. The van der Waals surface area contributed by atoms with Gasteiger partial charge in [-0.2, -0.15) is 4.98 Å². The van der Waals surface area contributed by atoms with Gasteiger partial charge in [0.15, 0.2) is 5.82 Å². The van der Waals surface area contributed by atoms with Gasteiger partial charge in [-0.25, -0.2) is 0 Å².